The van der Waals surface area contributed by atoms with E-state index in [2.05, 4.69) is 27.5 Å². The van der Waals surface area contributed by atoms with Gasteiger partial charge in [-0.2, -0.15) is 0 Å². The monoisotopic (exact) mass is 220 g/mol. The number of rotatable bonds is 2. The van der Waals surface area contributed by atoms with Crippen molar-refractivity contribution in [3.05, 3.63) is 17.6 Å². The third-order valence-corrected chi connectivity index (χ3v) is 3.06. The van der Waals surface area contributed by atoms with E-state index >= 15 is 0 Å². The number of aromatic nitrogens is 2. The van der Waals surface area contributed by atoms with Crippen molar-refractivity contribution in [1.29, 1.82) is 0 Å². The van der Waals surface area contributed by atoms with Gasteiger partial charge in [0.25, 0.3) is 0 Å². The largest absolute Gasteiger partial charge is 0.366 e. The zero-order valence-electron chi connectivity index (χ0n) is 10.2. The number of anilines is 1. The second-order valence-electron chi connectivity index (χ2n) is 4.58. The number of hydrogen-bond acceptors (Lipinski definition) is 4. The van der Waals surface area contributed by atoms with Crippen molar-refractivity contribution in [1.82, 2.24) is 15.3 Å². The van der Waals surface area contributed by atoms with E-state index in [0.29, 0.717) is 12.1 Å². The van der Waals surface area contributed by atoms with Crippen LogP contribution in [0.2, 0.25) is 0 Å². The third-order valence-electron chi connectivity index (χ3n) is 3.06. The van der Waals surface area contributed by atoms with Crippen molar-refractivity contribution >= 4 is 5.82 Å². The standard InChI is InChI=1S/C12H20N4/c1-8-7-12(15-10(3)14-8)16-11-5-4-6-13-9(11)2/h7,9,11,13H,4-6H2,1-3H3,(H,14,15,16). The van der Waals surface area contributed by atoms with Crippen LogP contribution in [0.3, 0.4) is 0 Å². The lowest BCUT2D eigenvalue weighted by molar-refractivity contribution is 0.388. The molecular weight excluding hydrogens is 200 g/mol. The van der Waals surface area contributed by atoms with Crippen LogP contribution in [-0.2, 0) is 0 Å². The molecule has 16 heavy (non-hydrogen) atoms. The normalized spacial score (nSPS) is 25.4. The van der Waals surface area contributed by atoms with Crippen LogP contribution in [0.5, 0.6) is 0 Å². The third kappa shape index (κ3) is 2.70. The molecule has 1 fully saturated rings. The van der Waals surface area contributed by atoms with Gasteiger partial charge in [0.1, 0.15) is 11.6 Å². The number of piperidine rings is 1. The summed E-state index contributed by atoms with van der Waals surface area (Å²) in [7, 11) is 0. The molecule has 2 rings (SSSR count). The molecule has 1 aromatic heterocycles. The first-order chi connectivity index (χ1) is 7.65. The Labute approximate surface area is 96.9 Å². The Balaban J connectivity index is 2.07. The van der Waals surface area contributed by atoms with Crippen LogP contribution < -0.4 is 10.6 Å². The molecule has 4 heteroatoms. The van der Waals surface area contributed by atoms with E-state index in [9.17, 15) is 0 Å². The van der Waals surface area contributed by atoms with Gasteiger partial charge in [0.2, 0.25) is 0 Å². The molecule has 88 valence electrons. The van der Waals surface area contributed by atoms with Crippen molar-refractivity contribution in [3.8, 4) is 0 Å². The maximum atomic E-state index is 4.41. The molecule has 1 aromatic rings. The SMILES string of the molecule is Cc1cc(NC2CCCNC2C)nc(C)n1. The highest BCUT2D eigenvalue weighted by Gasteiger charge is 2.20. The number of aryl methyl sites for hydroxylation is 2. The van der Waals surface area contributed by atoms with E-state index in [1.54, 1.807) is 0 Å². The van der Waals surface area contributed by atoms with Gasteiger partial charge in [0.15, 0.2) is 0 Å². The number of nitrogens with one attached hydrogen (secondary N) is 2. The Morgan fingerprint density at radius 2 is 2.19 bits per heavy atom. The highest BCUT2D eigenvalue weighted by Crippen LogP contribution is 2.14. The molecule has 0 saturated carbocycles. The maximum Gasteiger partial charge on any atom is 0.130 e. The lowest BCUT2D eigenvalue weighted by atomic mass is 10.00. The second-order valence-corrected chi connectivity index (χ2v) is 4.58. The van der Waals surface area contributed by atoms with Crippen molar-refractivity contribution in [2.75, 3.05) is 11.9 Å². The van der Waals surface area contributed by atoms with Crippen LogP contribution in [0.15, 0.2) is 6.07 Å². The molecule has 2 N–H and O–H groups in total. The average molecular weight is 220 g/mol. The number of hydrogen-bond donors (Lipinski definition) is 2. The first-order valence-electron chi connectivity index (χ1n) is 5.97. The molecule has 0 amide bonds. The molecule has 1 aliphatic heterocycles. The van der Waals surface area contributed by atoms with Crippen molar-refractivity contribution in [2.45, 2.75) is 45.7 Å². The summed E-state index contributed by atoms with van der Waals surface area (Å²) in [5.41, 5.74) is 1.02. The summed E-state index contributed by atoms with van der Waals surface area (Å²) in [6, 6.07) is 2.99. The molecule has 2 unspecified atom stereocenters. The highest BCUT2D eigenvalue weighted by atomic mass is 15.1. The summed E-state index contributed by atoms with van der Waals surface area (Å²) in [6.07, 6.45) is 2.43. The second kappa shape index (κ2) is 4.78. The molecule has 0 aromatic carbocycles. The van der Waals surface area contributed by atoms with E-state index < -0.39 is 0 Å². The predicted molar refractivity (Wildman–Crippen MR) is 65.6 cm³/mol. The number of nitrogens with zero attached hydrogens (tertiary/aromatic N) is 2. The minimum absolute atomic E-state index is 0.474. The smallest absolute Gasteiger partial charge is 0.130 e. The maximum absolute atomic E-state index is 4.41. The average Bonchev–Trinajstić information content (AvgIpc) is 2.20. The lowest BCUT2D eigenvalue weighted by Gasteiger charge is -2.31. The van der Waals surface area contributed by atoms with E-state index in [4.69, 9.17) is 0 Å². The van der Waals surface area contributed by atoms with Crippen LogP contribution in [0, 0.1) is 13.8 Å². The molecule has 2 atom stereocenters. The lowest BCUT2D eigenvalue weighted by Crippen LogP contribution is -2.46. The van der Waals surface area contributed by atoms with Crippen LogP contribution in [0.4, 0.5) is 5.82 Å². The Kier molecular flexibility index (Phi) is 3.39. The summed E-state index contributed by atoms with van der Waals surface area (Å²) >= 11 is 0. The van der Waals surface area contributed by atoms with E-state index in [-0.39, 0.29) is 0 Å². The van der Waals surface area contributed by atoms with Gasteiger partial charge in [0, 0.05) is 23.8 Å². The molecule has 2 heterocycles. The van der Waals surface area contributed by atoms with Crippen molar-refractivity contribution in [2.24, 2.45) is 0 Å². The Morgan fingerprint density at radius 1 is 1.38 bits per heavy atom. The fourth-order valence-electron chi connectivity index (χ4n) is 2.22. The zero-order chi connectivity index (χ0) is 11.5. The fourth-order valence-corrected chi connectivity index (χ4v) is 2.22. The van der Waals surface area contributed by atoms with Crippen LogP contribution in [0.25, 0.3) is 0 Å². The van der Waals surface area contributed by atoms with Gasteiger partial charge >= 0.3 is 0 Å². The molecular formula is C12H20N4. The molecule has 0 spiro atoms. The fraction of sp³-hybridized carbons (Fsp3) is 0.667. The van der Waals surface area contributed by atoms with Gasteiger partial charge in [-0.15, -0.1) is 0 Å². The quantitative estimate of drug-likeness (QED) is 0.795. The minimum Gasteiger partial charge on any atom is -0.366 e. The Hall–Kier alpha value is -1.16. The van der Waals surface area contributed by atoms with Gasteiger partial charge in [0.05, 0.1) is 0 Å². The highest BCUT2D eigenvalue weighted by molar-refractivity contribution is 5.37. The zero-order valence-corrected chi connectivity index (χ0v) is 10.2. The van der Waals surface area contributed by atoms with Gasteiger partial charge < -0.3 is 10.6 Å². The Bertz CT molecular complexity index is 344. The van der Waals surface area contributed by atoms with Gasteiger partial charge in [-0.05, 0) is 40.2 Å². The van der Waals surface area contributed by atoms with Gasteiger partial charge in [-0.25, -0.2) is 9.97 Å². The molecule has 0 aliphatic carbocycles. The molecule has 4 nitrogen and oxygen atoms in total. The van der Waals surface area contributed by atoms with E-state index in [1.165, 1.54) is 12.8 Å². The molecule has 0 radical (unpaired) electrons. The van der Waals surface area contributed by atoms with Crippen molar-refractivity contribution in [3.63, 3.8) is 0 Å². The first-order valence-corrected chi connectivity index (χ1v) is 5.97. The summed E-state index contributed by atoms with van der Waals surface area (Å²) < 4.78 is 0. The summed E-state index contributed by atoms with van der Waals surface area (Å²) in [5, 5.41) is 6.97. The molecule has 0 bridgehead atoms. The minimum atomic E-state index is 0.474. The molecule has 1 aliphatic rings. The van der Waals surface area contributed by atoms with E-state index in [0.717, 1.165) is 23.9 Å². The van der Waals surface area contributed by atoms with Crippen LogP contribution in [0.1, 0.15) is 31.3 Å². The first kappa shape index (κ1) is 11.3. The van der Waals surface area contributed by atoms with Crippen molar-refractivity contribution < 1.29 is 0 Å². The predicted octanol–water partition coefficient (Wildman–Crippen LogP) is 1.65. The van der Waals surface area contributed by atoms with Gasteiger partial charge in [-0.1, -0.05) is 0 Å². The molecule has 1 saturated heterocycles. The summed E-state index contributed by atoms with van der Waals surface area (Å²) in [4.78, 5) is 8.69. The Morgan fingerprint density at radius 3 is 2.88 bits per heavy atom. The van der Waals surface area contributed by atoms with Crippen LogP contribution >= 0.6 is 0 Å². The van der Waals surface area contributed by atoms with E-state index in [1.807, 2.05) is 19.9 Å². The van der Waals surface area contributed by atoms with Gasteiger partial charge in [-0.3, -0.25) is 0 Å². The summed E-state index contributed by atoms with van der Waals surface area (Å²) in [6.45, 7) is 7.28. The van der Waals surface area contributed by atoms with Crippen LogP contribution in [-0.4, -0.2) is 28.6 Å². The summed E-state index contributed by atoms with van der Waals surface area (Å²) in [5.74, 6) is 1.78. The topological polar surface area (TPSA) is 49.8 Å².